The number of hydrogen-bond donors (Lipinski definition) is 1. The largest absolute Gasteiger partial charge is 0.330 e. The van der Waals surface area contributed by atoms with Crippen LogP contribution in [0.15, 0.2) is 24.3 Å². The molecule has 62 valence electrons. The molecule has 0 aliphatic heterocycles. The predicted molar refractivity (Wildman–Crippen MR) is 51.2 cm³/mol. The number of halogens is 1. The molecule has 1 aromatic rings. The van der Waals surface area contributed by atoms with Gasteiger partial charge in [-0.3, -0.25) is 0 Å². The Kier molecular flexibility index (Phi) is 4.92. The second kappa shape index (κ2) is 5.16. The fourth-order valence-corrected chi connectivity index (χ4v) is 1.03. The molecule has 0 aliphatic carbocycles. The van der Waals surface area contributed by atoms with E-state index in [1.807, 2.05) is 0 Å². The highest BCUT2D eigenvalue weighted by Crippen LogP contribution is 2.03. The van der Waals surface area contributed by atoms with Crippen LogP contribution in [0.3, 0.4) is 0 Å². The van der Waals surface area contributed by atoms with Crippen LogP contribution in [0.5, 0.6) is 0 Å². The van der Waals surface area contributed by atoms with Crippen LogP contribution in [0.25, 0.3) is 0 Å². The minimum atomic E-state index is 0. The summed E-state index contributed by atoms with van der Waals surface area (Å²) in [6.45, 7) is 2.84. The van der Waals surface area contributed by atoms with Gasteiger partial charge in [-0.25, -0.2) is 0 Å². The molecular formula is C9H14ClN. The van der Waals surface area contributed by atoms with Gasteiger partial charge in [0.05, 0.1) is 0 Å². The molecular weight excluding hydrogens is 158 g/mol. The van der Waals surface area contributed by atoms with Gasteiger partial charge >= 0.3 is 0 Å². The Morgan fingerprint density at radius 1 is 1.36 bits per heavy atom. The molecule has 1 nitrogen and oxygen atoms in total. The zero-order valence-corrected chi connectivity index (χ0v) is 7.53. The Bertz CT molecular complexity index is 210. The van der Waals surface area contributed by atoms with Gasteiger partial charge in [0.1, 0.15) is 0 Å². The van der Waals surface area contributed by atoms with Crippen molar-refractivity contribution in [2.45, 2.75) is 13.3 Å². The minimum absolute atomic E-state index is 0. The van der Waals surface area contributed by atoms with Crippen molar-refractivity contribution in [3.8, 4) is 0 Å². The molecule has 1 aromatic carbocycles. The van der Waals surface area contributed by atoms with Crippen LogP contribution in [0, 0.1) is 6.92 Å². The van der Waals surface area contributed by atoms with Crippen LogP contribution in [0.1, 0.15) is 11.1 Å². The van der Waals surface area contributed by atoms with Crippen LogP contribution in [0.4, 0.5) is 0 Å². The minimum Gasteiger partial charge on any atom is -0.330 e. The van der Waals surface area contributed by atoms with Crippen molar-refractivity contribution < 1.29 is 0 Å². The van der Waals surface area contributed by atoms with Crippen molar-refractivity contribution >= 4 is 12.4 Å². The summed E-state index contributed by atoms with van der Waals surface area (Å²) in [4.78, 5) is 0. The van der Waals surface area contributed by atoms with Gasteiger partial charge in [-0.05, 0) is 25.5 Å². The first-order chi connectivity index (χ1) is 4.83. The van der Waals surface area contributed by atoms with Crippen molar-refractivity contribution in [3.05, 3.63) is 35.4 Å². The molecule has 0 unspecified atom stereocenters. The Morgan fingerprint density at radius 2 is 2.09 bits per heavy atom. The maximum absolute atomic E-state index is 5.41. The molecule has 0 amide bonds. The van der Waals surface area contributed by atoms with E-state index < -0.39 is 0 Å². The van der Waals surface area contributed by atoms with Crippen molar-refractivity contribution in [2.75, 3.05) is 6.54 Å². The number of hydrogen-bond acceptors (Lipinski definition) is 1. The van der Waals surface area contributed by atoms with Crippen LogP contribution in [-0.2, 0) is 6.42 Å². The monoisotopic (exact) mass is 171 g/mol. The van der Waals surface area contributed by atoms with Crippen molar-refractivity contribution in [2.24, 2.45) is 5.73 Å². The van der Waals surface area contributed by atoms with Crippen LogP contribution in [0.2, 0.25) is 0 Å². The summed E-state index contributed by atoms with van der Waals surface area (Å²) in [7, 11) is 0. The highest BCUT2D eigenvalue weighted by Gasteiger charge is 1.89. The zero-order valence-electron chi connectivity index (χ0n) is 6.71. The third-order valence-corrected chi connectivity index (χ3v) is 1.52. The lowest BCUT2D eigenvalue weighted by Gasteiger charge is -1.98. The average Bonchev–Trinajstić information content (AvgIpc) is 1.88. The number of benzene rings is 1. The normalized spacial score (nSPS) is 8.91. The van der Waals surface area contributed by atoms with Crippen molar-refractivity contribution in [1.82, 2.24) is 0 Å². The van der Waals surface area contributed by atoms with E-state index in [0.29, 0.717) is 0 Å². The van der Waals surface area contributed by atoms with Crippen molar-refractivity contribution in [3.63, 3.8) is 0 Å². The van der Waals surface area contributed by atoms with E-state index in [2.05, 4.69) is 31.2 Å². The third-order valence-electron chi connectivity index (χ3n) is 1.52. The molecule has 0 saturated heterocycles. The predicted octanol–water partition coefficient (Wildman–Crippen LogP) is 1.92. The van der Waals surface area contributed by atoms with E-state index in [1.54, 1.807) is 0 Å². The molecule has 0 bridgehead atoms. The number of rotatable bonds is 2. The summed E-state index contributed by atoms with van der Waals surface area (Å²) in [6.07, 6.45) is 0.988. The SMILES string of the molecule is Cc1cccc(CCN)c1.Cl. The van der Waals surface area contributed by atoms with E-state index in [0.717, 1.165) is 13.0 Å². The first kappa shape index (κ1) is 10.5. The molecule has 0 radical (unpaired) electrons. The first-order valence-electron chi connectivity index (χ1n) is 3.58. The lowest BCUT2D eigenvalue weighted by molar-refractivity contribution is 0.967. The summed E-state index contributed by atoms with van der Waals surface area (Å²) in [6, 6.07) is 8.45. The summed E-state index contributed by atoms with van der Waals surface area (Å²) in [5.41, 5.74) is 8.06. The van der Waals surface area contributed by atoms with Gasteiger partial charge in [-0.1, -0.05) is 29.8 Å². The van der Waals surface area contributed by atoms with Gasteiger partial charge in [-0.15, -0.1) is 12.4 Å². The summed E-state index contributed by atoms with van der Waals surface area (Å²) < 4.78 is 0. The highest BCUT2D eigenvalue weighted by molar-refractivity contribution is 5.85. The van der Waals surface area contributed by atoms with Gasteiger partial charge in [0.2, 0.25) is 0 Å². The van der Waals surface area contributed by atoms with Crippen molar-refractivity contribution in [1.29, 1.82) is 0 Å². The van der Waals surface area contributed by atoms with E-state index in [4.69, 9.17) is 5.73 Å². The molecule has 2 N–H and O–H groups in total. The number of nitrogens with two attached hydrogens (primary N) is 1. The summed E-state index contributed by atoms with van der Waals surface area (Å²) in [5, 5.41) is 0. The van der Waals surface area contributed by atoms with Gasteiger partial charge in [-0.2, -0.15) is 0 Å². The maximum Gasteiger partial charge on any atom is -0.00367 e. The lowest BCUT2D eigenvalue weighted by Crippen LogP contribution is -2.02. The Morgan fingerprint density at radius 3 is 2.64 bits per heavy atom. The van der Waals surface area contributed by atoms with E-state index in [1.165, 1.54) is 11.1 Å². The molecule has 0 saturated carbocycles. The molecule has 0 spiro atoms. The molecule has 0 aliphatic rings. The van der Waals surface area contributed by atoms with Crippen LogP contribution >= 0.6 is 12.4 Å². The molecule has 0 heterocycles. The van der Waals surface area contributed by atoms with Crippen LogP contribution in [-0.4, -0.2) is 6.54 Å². The van der Waals surface area contributed by atoms with Crippen LogP contribution < -0.4 is 5.73 Å². The third kappa shape index (κ3) is 3.40. The lowest BCUT2D eigenvalue weighted by atomic mass is 10.1. The molecule has 11 heavy (non-hydrogen) atoms. The Hall–Kier alpha value is -0.530. The van der Waals surface area contributed by atoms with Gasteiger partial charge in [0.15, 0.2) is 0 Å². The Balaban J connectivity index is 0.000001000. The molecule has 0 atom stereocenters. The first-order valence-corrected chi connectivity index (χ1v) is 3.58. The van der Waals surface area contributed by atoms with Gasteiger partial charge in [0, 0.05) is 0 Å². The molecule has 2 heteroatoms. The van der Waals surface area contributed by atoms with E-state index in [9.17, 15) is 0 Å². The Labute approximate surface area is 74.0 Å². The topological polar surface area (TPSA) is 26.0 Å². The van der Waals surface area contributed by atoms with E-state index >= 15 is 0 Å². The fraction of sp³-hybridized carbons (Fsp3) is 0.333. The molecule has 1 rings (SSSR count). The van der Waals surface area contributed by atoms with Gasteiger partial charge < -0.3 is 5.73 Å². The number of aryl methyl sites for hydroxylation is 1. The summed E-state index contributed by atoms with van der Waals surface area (Å²) in [5.74, 6) is 0. The summed E-state index contributed by atoms with van der Waals surface area (Å²) >= 11 is 0. The maximum atomic E-state index is 5.41. The molecule has 0 fully saturated rings. The second-order valence-electron chi connectivity index (χ2n) is 2.53. The molecule has 0 aromatic heterocycles. The zero-order chi connectivity index (χ0) is 7.40. The highest BCUT2D eigenvalue weighted by atomic mass is 35.5. The average molecular weight is 172 g/mol. The second-order valence-corrected chi connectivity index (χ2v) is 2.53. The van der Waals surface area contributed by atoms with E-state index in [-0.39, 0.29) is 12.4 Å². The smallest absolute Gasteiger partial charge is 0.00367 e. The van der Waals surface area contributed by atoms with Gasteiger partial charge in [0.25, 0.3) is 0 Å². The quantitative estimate of drug-likeness (QED) is 0.723. The fourth-order valence-electron chi connectivity index (χ4n) is 1.03. The standard InChI is InChI=1S/C9H13N.ClH/c1-8-3-2-4-9(7-8)5-6-10;/h2-4,7H,5-6,10H2,1H3;1H.